The highest BCUT2D eigenvalue weighted by Crippen LogP contribution is 2.08. The summed E-state index contributed by atoms with van der Waals surface area (Å²) in [7, 11) is -3.74. The summed E-state index contributed by atoms with van der Waals surface area (Å²) in [6.07, 6.45) is 2.37. The number of aromatic nitrogens is 2. The summed E-state index contributed by atoms with van der Waals surface area (Å²) < 4.78 is 25.3. The van der Waals surface area contributed by atoms with Gasteiger partial charge in [0.25, 0.3) is 10.0 Å². The van der Waals surface area contributed by atoms with Crippen molar-refractivity contribution in [3.05, 3.63) is 12.0 Å². The first-order chi connectivity index (χ1) is 7.86. The van der Waals surface area contributed by atoms with E-state index in [0.717, 1.165) is 13.0 Å². The second-order valence-electron chi connectivity index (χ2n) is 3.41. The molecule has 96 valence electrons. The molecule has 1 rings (SSSR count). The van der Waals surface area contributed by atoms with Crippen LogP contribution in [0.1, 0.15) is 19.2 Å². The zero-order valence-corrected chi connectivity index (χ0v) is 11.2. The summed E-state index contributed by atoms with van der Waals surface area (Å²) in [6, 6.07) is 0. The van der Waals surface area contributed by atoms with Gasteiger partial charge in [-0.1, -0.05) is 6.92 Å². The lowest BCUT2D eigenvalue weighted by molar-refractivity contribution is 0.574. The molecule has 0 aliphatic heterocycles. The Balaban J connectivity index is 2.91. The Labute approximate surface area is 105 Å². The molecule has 0 radical (unpaired) electrons. The highest BCUT2D eigenvalue weighted by molar-refractivity contribution is 7.89. The Morgan fingerprint density at radius 3 is 2.82 bits per heavy atom. The van der Waals surface area contributed by atoms with Crippen LogP contribution in [0.5, 0.6) is 0 Å². The van der Waals surface area contributed by atoms with E-state index in [0.29, 0.717) is 5.82 Å². The molecular formula is C8H15N5O2S2. The van der Waals surface area contributed by atoms with Crippen molar-refractivity contribution < 1.29 is 8.42 Å². The maximum atomic E-state index is 11.7. The number of hydrazine groups is 1. The molecule has 1 aromatic rings. The smallest absolute Gasteiger partial charge is 0.276 e. The van der Waals surface area contributed by atoms with Gasteiger partial charge >= 0.3 is 0 Å². The van der Waals surface area contributed by atoms with E-state index in [-0.39, 0.29) is 10.1 Å². The third-order valence-electron chi connectivity index (χ3n) is 2.00. The lowest BCUT2D eigenvalue weighted by Crippen LogP contribution is -2.44. The van der Waals surface area contributed by atoms with Gasteiger partial charge in [0.1, 0.15) is 5.82 Å². The molecule has 7 nitrogen and oxygen atoms in total. The van der Waals surface area contributed by atoms with E-state index >= 15 is 0 Å². The molecule has 0 saturated carbocycles. The Kier molecular flexibility index (Phi) is 4.43. The minimum absolute atomic E-state index is 0.0628. The Morgan fingerprint density at radius 2 is 2.29 bits per heavy atom. The first-order valence-corrected chi connectivity index (χ1v) is 6.87. The molecule has 0 atom stereocenters. The van der Waals surface area contributed by atoms with E-state index in [2.05, 4.69) is 22.6 Å². The quantitative estimate of drug-likeness (QED) is 0.501. The van der Waals surface area contributed by atoms with Crippen LogP contribution >= 0.6 is 12.2 Å². The van der Waals surface area contributed by atoms with Crippen LogP contribution in [-0.4, -0.2) is 23.1 Å². The van der Waals surface area contributed by atoms with E-state index in [9.17, 15) is 8.42 Å². The number of sulfonamides is 1. The molecule has 0 saturated heterocycles. The summed E-state index contributed by atoms with van der Waals surface area (Å²) in [5.41, 5.74) is 7.30. The monoisotopic (exact) mass is 277 g/mol. The summed E-state index contributed by atoms with van der Waals surface area (Å²) >= 11 is 4.50. The van der Waals surface area contributed by atoms with Crippen molar-refractivity contribution in [1.29, 1.82) is 0 Å². The Morgan fingerprint density at radius 1 is 1.65 bits per heavy atom. The average molecular weight is 277 g/mol. The Hall–Kier alpha value is -1.19. The van der Waals surface area contributed by atoms with Crippen molar-refractivity contribution in [3.63, 3.8) is 0 Å². The average Bonchev–Trinajstić information content (AvgIpc) is 2.59. The van der Waals surface area contributed by atoms with E-state index < -0.39 is 10.0 Å². The summed E-state index contributed by atoms with van der Waals surface area (Å²) in [4.78, 5) is 6.00. The SMILES string of the molecule is CCCn1cc(S(=O)(=O)NNC(N)=S)nc1C. The van der Waals surface area contributed by atoms with Gasteiger partial charge in [-0.15, -0.1) is 4.83 Å². The van der Waals surface area contributed by atoms with Gasteiger partial charge in [0.2, 0.25) is 0 Å². The normalized spacial score (nSPS) is 11.4. The van der Waals surface area contributed by atoms with E-state index in [4.69, 9.17) is 5.73 Å². The molecule has 1 aromatic heterocycles. The standard InChI is InChI=1S/C8H15N5O2S2/c1-3-4-13-5-7(10-6(13)2)17(14,15)12-11-8(9)16/h5,12H,3-4H2,1-2H3,(H3,9,11,16). The van der Waals surface area contributed by atoms with E-state index in [1.807, 2.05) is 11.8 Å². The van der Waals surface area contributed by atoms with Crippen LogP contribution in [0.4, 0.5) is 0 Å². The maximum Gasteiger partial charge on any atom is 0.276 e. The van der Waals surface area contributed by atoms with E-state index in [1.165, 1.54) is 6.20 Å². The van der Waals surface area contributed by atoms with Crippen LogP contribution in [0.2, 0.25) is 0 Å². The molecule has 0 aliphatic carbocycles. The van der Waals surface area contributed by atoms with Crippen LogP contribution in [0.15, 0.2) is 11.2 Å². The highest BCUT2D eigenvalue weighted by atomic mass is 32.2. The molecule has 4 N–H and O–H groups in total. The van der Waals surface area contributed by atoms with Crippen molar-refractivity contribution in [2.75, 3.05) is 0 Å². The number of aryl methyl sites for hydroxylation is 2. The zero-order chi connectivity index (χ0) is 13.1. The predicted molar refractivity (Wildman–Crippen MR) is 67.5 cm³/mol. The molecular weight excluding hydrogens is 262 g/mol. The first kappa shape index (κ1) is 13.9. The number of imidazole rings is 1. The minimum atomic E-state index is -3.74. The first-order valence-electron chi connectivity index (χ1n) is 4.98. The second kappa shape index (κ2) is 5.43. The molecule has 0 fully saturated rings. The number of nitrogens with zero attached hydrogens (tertiary/aromatic N) is 2. The van der Waals surface area contributed by atoms with Crippen LogP contribution in [0.25, 0.3) is 0 Å². The van der Waals surface area contributed by atoms with Gasteiger partial charge in [0.15, 0.2) is 10.1 Å². The summed E-state index contributed by atoms with van der Waals surface area (Å²) in [6.45, 7) is 4.47. The van der Waals surface area contributed by atoms with Gasteiger partial charge in [0, 0.05) is 12.7 Å². The van der Waals surface area contributed by atoms with Gasteiger partial charge in [-0.3, -0.25) is 5.43 Å². The molecule has 0 unspecified atom stereocenters. The van der Waals surface area contributed by atoms with Crippen molar-refractivity contribution in [2.45, 2.75) is 31.8 Å². The van der Waals surface area contributed by atoms with E-state index in [1.54, 1.807) is 11.5 Å². The Bertz CT molecular complexity index is 508. The fraction of sp³-hybridized carbons (Fsp3) is 0.500. The number of thiocarbonyl (C=S) groups is 1. The molecule has 9 heteroatoms. The molecule has 0 spiro atoms. The van der Waals surface area contributed by atoms with Crippen LogP contribution < -0.4 is 16.0 Å². The van der Waals surface area contributed by atoms with Gasteiger partial charge in [0.05, 0.1) is 0 Å². The lowest BCUT2D eigenvalue weighted by Gasteiger charge is -2.04. The van der Waals surface area contributed by atoms with Crippen molar-refractivity contribution in [2.24, 2.45) is 5.73 Å². The molecule has 0 aliphatic rings. The second-order valence-corrected chi connectivity index (χ2v) is 5.48. The van der Waals surface area contributed by atoms with Gasteiger partial charge in [-0.05, 0) is 25.6 Å². The molecule has 17 heavy (non-hydrogen) atoms. The number of nitrogens with two attached hydrogens (primary N) is 1. The molecule has 0 aromatic carbocycles. The van der Waals surface area contributed by atoms with Crippen LogP contribution in [0, 0.1) is 6.92 Å². The fourth-order valence-corrected chi connectivity index (χ4v) is 2.23. The third kappa shape index (κ3) is 3.65. The maximum absolute atomic E-state index is 11.7. The fourth-order valence-electron chi connectivity index (χ4n) is 1.25. The molecule has 0 bridgehead atoms. The number of rotatable bonds is 5. The molecule has 0 amide bonds. The largest absolute Gasteiger partial charge is 0.375 e. The van der Waals surface area contributed by atoms with Gasteiger partial charge < -0.3 is 10.3 Å². The number of hydrogen-bond donors (Lipinski definition) is 3. The number of hydrogen-bond acceptors (Lipinski definition) is 4. The van der Waals surface area contributed by atoms with Gasteiger partial charge in [-0.25, -0.2) is 13.4 Å². The molecule has 1 heterocycles. The third-order valence-corrected chi connectivity index (χ3v) is 3.22. The predicted octanol–water partition coefficient (Wildman–Crippen LogP) is -0.372. The lowest BCUT2D eigenvalue weighted by atomic mass is 10.5. The summed E-state index contributed by atoms with van der Waals surface area (Å²) in [5, 5.41) is -0.217. The van der Waals surface area contributed by atoms with Crippen molar-refractivity contribution in [3.8, 4) is 0 Å². The van der Waals surface area contributed by atoms with Crippen molar-refractivity contribution >= 4 is 27.4 Å². The minimum Gasteiger partial charge on any atom is -0.375 e. The number of nitrogens with one attached hydrogen (secondary N) is 2. The highest BCUT2D eigenvalue weighted by Gasteiger charge is 2.18. The topological polar surface area (TPSA) is 102 Å². The van der Waals surface area contributed by atoms with Gasteiger partial charge in [-0.2, -0.15) is 0 Å². The van der Waals surface area contributed by atoms with Crippen molar-refractivity contribution in [1.82, 2.24) is 19.8 Å². The van der Waals surface area contributed by atoms with Crippen LogP contribution in [-0.2, 0) is 16.6 Å². The summed E-state index contributed by atoms with van der Waals surface area (Å²) in [5.74, 6) is 0.641. The van der Waals surface area contributed by atoms with Crippen LogP contribution in [0.3, 0.4) is 0 Å². The zero-order valence-electron chi connectivity index (χ0n) is 9.60.